The molecule has 4 rings (SSSR count). The summed E-state index contributed by atoms with van der Waals surface area (Å²) in [4.78, 5) is 25.7. The van der Waals surface area contributed by atoms with Crippen LogP contribution in [0, 0.1) is 6.92 Å². The molecule has 0 unspecified atom stereocenters. The number of aryl methyl sites for hydroxylation is 2. The fourth-order valence-electron chi connectivity index (χ4n) is 5.02. The topological polar surface area (TPSA) is 82.3 Å². The van der Waals surface area contributed by atoms with Crippen LogP contribution in [0.15, 0.2) is 84.9 Å². The van der Waals surface area contributed by atoms with Gasteiger partial charge >= 0.3 is 12.4 Å². The van der Waals surface area contributed by atoms with Gasteiger partial charge in [0.15, 0.2) is 0 Å². The van der Waals surface area contributed by atoms with Crippen LogP contribution in [0.1, 0.15) is 70.2 Å². The SMILES string of the molecule is CCNc1cc(NC(=O)c2cccc(C(F)(F)F)c2)ccc1CCC(C)(C)Nc1cc(C(=O)Nc2cccc(C(F)(F)F)c2)ccc1C. The average molecular weight is 671 g/mol. The van der Waals surface area contributed by atoms with E-state index in [0.717, 1.165) is 41.1 Å². The third-order valence-corrected chi connectivity index (χ3v) is 7.63. The van der Waals surface area contributed by atoms with Crippen LogP contribution in [0.4, 0.5) is 49.1 Å². The largest absolute Gasteiger partial charge is 0.416 e. The molecule has 2 amide bonds. The molecule has 0 aliphatic rings. The zero-order valence-electron chi connectivity index (χ0n) is 26.8. The number of halogens is 6. The van der Waals surface area contributed by atoms with Gasteiger partial charge in [-0.05, 0) is 112 Å². The lowest BCUT2D eigenvalue weighted by Crippen LogP contribution is -2.32. The number of anilines is 4. The van der Waals surface area contributed by atoms with E-state index in [9.17, 15) is 35.9 Å². The summed E-state index contributed by atoms with van der Waals surface area (Å²) in [6.45, 7) is 8.38. The lowest BCUT2D eigenvalue weighted by atomic mass is 9.93. The van der Waals surface area contributed by atoms with E-state index in [0.29, 0.717) is 30.8 Å². The predicted octanol–water partition coefficient (Wildman–Crippen LogP) is 9.79. The molecule has 4 aromatic rings. The molecule has 0 heterocycles. The molecule has 12 heteroatoms. The van der Waals surface area contributed by atoms with Crippen molar-refractivity contribution in [1.29, 1.82) is 0 Å². The second kappa shape index (κ2) is 14.4. The molecule has 0 fully saturated rings. The molecule has 0 saturated heterocycles. The average Bonchev–Trinajstić information content (AvgIpc) is 3.01. The smallest absolute Gasteiger partial charge is 0.385 e. The van der Waals surface area contributed by atoms with Crippen molar-refractivity contribution in [3.05, 3.63) is 118 Å². The van der Waals surface area contributed by atoms with Crippen LogP contribution in [0.5, 0.6) is 0 Å². The summed E-state index contributed by atoms with van der Waals surface area (Å²) in [5.41, 5.74) is 1.65. The molecular weight excluding hydrogens is 634 g/mol. The number of nitrogens with one attached hydrogen (secondary N) is 4. The van der Waals surface area contributed by atoms with Gasteiger partial charge in [0.05, 0.1) is 11.1 Å². The Labute approximate surface area is 274 Å². The summed E-state index contributed by atoms with van der Waals surface area (Å²) in [5.74, 6) is -1.21. The van der Waals surface area contributed by atoms with E-state index < -0.39 is 40.8 Å². The standard InChI is InChI=1S/C36H36F6N4O2/c1-5-43-31-21-29(45-32(47)24-8-6-9-26(18-24)35(37,38)39)15-14-23(31)16-17-34(3,4)46-30-19-25(13-12-22(30)2)33(48)44-28-11-7-10-27(20-28)36(40,41)42/h6-15,18-21,43,46H,5,16-17H2,1-4H3,(H,44,48)(H,45,47). The first kappa shape index (κ1) is 35.8. The highest BCUT2D eigenvalue weighted by Gasteiger charge is 2.31. The summed E-state index contributed by atoms with van der Waals surface area (Å²) < 4.78 is 78.7. The number of carbonyl (C=O) groups excluding carboxylic acids is 2. The van der Waals surface area contributed by atoms with E-state index in [1.54, 1.807) is 30.3 Å². The fraction of sp³-hybridized carbons (Fsp3) is 0.278. The third kappa shape index (κ3) is 9.52. The van der Waals surface area contributed by atoms with Gasteiger partial charge in [-0.3, -0.25) is 9.59 Å². The van der Waals surface area contributed by atoms with Crippen molar-refractivity contribution in [2.24, 2.45) is 0 Å². The molecule has 0 radical (unpaired) electrons. The summed E-state index contributed by atoms with van der Waals surface area (Å²) in [7, 11) is 0. The van der Waals surface area contributed by atoms with E-state index in [1.165, 1.54) is 24.3 Å². The molecule has 0 aliphatic carbocycles. The van der Waals surface area contributed by atoms with E-state index in [4.69, 9.17) is 0 Å². The van der Waals surface area contributed by atoms with Crippen molar-refractivity contribution in [2.45, 2.75) is 58.4 Å². The monoisotopic (exact) mass is 670 g/mol. The van der Waals surface area contributed by atoms with E-state index in [2.05, 4.69) is 21.3 Å². The Morgan fingerprint density at radius 3 is 1.88 bits per heavy atom. The third-order valence-electron chi connectivity index (χ3n) is 7.63. The van der Waals surface area contributed by atoms with Gasteiger partial charge in [-0.1, -0.05) is 24.3 Å². The molecule has 0 spiro atoms. The van der Waals surface area contributed by atoms with E-state index >= 15 is 0 Å². The predicted molar refractivity (Wildman–Crippen MR) is 177 cm³/mol. The summed E-state index contributed by atoms with van der Waals surface area (Å²) in [6, 6.07) is 19.0. The first-order chi connectivity index (χ1) is 22.4. The maximum atomic E-state index is 13.1. The molecule has 48 heavy (non-hydrogen) atoms. The highest BCUT2D eigenvalue weighted by Crippen LogP contribution is 2.32. The lowest BCUT2D eigenvalue weighted by Gasteiger charge is -2.29. The van der Waals surface area contributed by atoms with Crippen LogP contribution in [-0.2, 0) is 18.8 Å². The Morgan fingerprint density at radius 1 is 0.667 bits per heavy atom. The van der Waals surface area contributed by atoms with Crippen LogP contribution < -0.4 is 21.3 Å². The van der Waals surface area contributed by atoms with Crippen molar-refractivity contribution in [2.75, 3.05) is 27.8 Å². The number of carbonyl (C=O) groups is 2. The fourth-order valence-corrected chi connectivity index (χ4v) is 5.02. The minimum Gasteiger partial charge on any atom is -0.385 e. The second-order valence-electron chi connectivity index (χ2n) is 12.0. The zero-order valence-corrected chi connectivity index (χ0v) is 26.8. The number of alkyl halides is 6. The maximum absolute atomic E-state index is 13.1. The zero-order chi connectivity index (χ0) is 35.3. The van der Waals surface area contributed by atoms with Crippen molar-refractivity contribution in [1.82, 2.24) is 0 Å². The number of hydrogen-bond acceptors (Lipinski definition) is 4. The molecule has 254 valence electrons. The highest BCUT2D eigenvalue weighted by molar-refractivity contribution is 6.05. The van der Waals surface area contributed by atoms with Gasteiger partial charge < -0.3 is 21.3 Å². The quantitative estimate of drug-likeness (QED) is 0.120. The molecule has 0 aliphatic heterocycles. The van der Waals surface area contributed by atoms with Crippen LogP contribution >= 0.6 is 0 Å². The summed E-state index contributed by atoms with van der Waals surface area (Å²) >= 11 is 0. The van der Waals surface area contributed by atoms with Crippen molar-refractivity contribution in [3.63, 3.8) is 0 Å². The summed E-state index contributed by atoms with van der Waals surface area (Å²) in [6.07, 6.45) is -7.85. The molecule has 0 saturated carbocycles. The first-order valence-corrected chi connectivity index (χ1v) is 15.2. The molecule has 0 bridgehead atoms. The van der Waals surface area contributed by atoms with Gasteiger partial charge in [-0.25, -0.2) is 0 Å². The van der Waals surface area contributed by atoms with E-state index in [-0.39, 0.29) is 16.8 Å². The molecule has 4 N–H and O–H groups in total. The Morgan fingerprint density at radius 2 is 1.25 bits per heavy atom. The minimum absolute atomic E-state index is 0.0305. The van der Waals surface area contributed by atoms with Gasteiger partial charge in [0.2, 0.25) is 0 Å². The second-order valence-corrected chi connectivity index (χ2v) is 12.0. The number of hydrogen-bond donors (Lipinski definition) is 4. The molecule has 4 aromatic carbocycles. The van der Waals surface area contributed by atoms with Gasteiger partial charge in [0.25, 0.3) is 11.8 Å². The first-order valence-electron chi connectivity index (χ1n) is 15.2. The Kier molecular flexibility index (Phi) is 10.8. The Bertz CT molecular complexity index is 1780. The molecule has 0 aromatic heterocycles. The normalized spacial score (nSPS) is 12.0. The molecule has 0 atom stereocenters. The summed E-state index contributed by atoms with van der Waals surface area (Å²) in [5, 5.41) is 12.0. The van der Waals surface area contributed by atoms with Gasteiger partial charge in [-0.15, -0.1) is 0 Å². The maximum Gasteiger partial charge on any atom is 0.416 e. The van der Waals surface area contributed by atoms with Gasteiger partial charge in [0, 0.05) is 46.0 Å². The number of rotatable bonds is 11. The van der Waals surface area contributed by atoms with Crippen LogP contribution in [-0.4, -0.2) is 23.9 Å². The van der Waals surface area contributed by atoms with Crippen molar-refractivity contribution < 1.29 is 35.9 Å². The van der Waals surface area contributed by atoms with Crippen LogP contribution in [0.2, 0.25) is 0 Å². The number of benzene rings is 4. The minimum atomic E-state index is -4.56. The molecular formula is C36H36F6N4O2. The van der Waals surface area contributed by atoms with Crippen molar-refractivity contribution >= 4 is 34.6 Å². The Hall–Kier alpha value is -5.00. The van der Waals surface area contributed by atoms with Crippen LogP contribution in [0.25, 0.3) is 0 Å². The van der Waals surface area contributed by atoms with E-state index in [1.807, 2.05) is 33.8 Å². The van der Waals surface area contributed by atoms with Gasteiger partial charge in [0.1, 0.15) is 0 Å². The highest BCUT2D eigenvalue weighted by atomic mass is 19.4. The number of amides is 2. The van der Waals surface area contributed by atoms with Gasteiger partial charge in [-0.2, -0.15) is 26.3 Å². The van der Waals surface area contributed by atoms with Crippen LogP contribution in [0.3, 0.4) is 0 Å². The van der Waals surface area contributed by atoms with Crippen molar-refractivity contribution in [3.8, 4) is 0 Å². The molecule has 6 nitrogen and oxygen atoms in total. The Balaban J connectivity index is 1.43. The lowest BCUT2D eigenvalue weighted by molar-refractivity contribution is -0.138.